The maximum absolute atomic E-state index is 4.59. The molecule has 0 unspecified atom stereocenters. The van der Waals surface area contributed by atoms with Crippen molar-refractivity contribution in [1.82, 2.24) is 14.5 Å². The van der Waals surface area contributed by atoms with E-state index in [1.54, 1.807) is 12.4 Å². The van der Waals surface area contributed by atoms with Crippen LogP contribution in [0.4, 0.5) is 0 Å². The van der Waals surface area contributed by atoms with E-state index in [1.165, 1.54) is 5.56 Å². The Labute approximate surface area is 134 Å². The van der Waals surface area contributed by atoms with Gasteiger partial charge in [-0.05, 0) is 30.7 Å². The highest BCUT2D eigenvalue weighted by molar-refractivity contribution is 5.66. The lowest BCUT2D eigenvalue weighted by Crippen LogP contribution is -2.35. The van der Waals surface area contributed by atoms with Crippen LogP contribution in [0.1, 0.15) is 11.4 Å². The Morgan fingerprint density at radius 3 is 2.30 bits per heavy atom. The molecule has 0 fully saturated rings. The fourth-order valence-electron chi connectivity index (χ4n) is 3.03. The molecule has 4 aromatic rings. The molecule has 4 rings (SSSR count). The predicted molar refractivity (Wildman–Crippen MR) is 89.9 cm³/mol. The molecule has 0 saturated carbocycles. The van der Waals surface area contributed by atoms with Gasteiger partial charge in [-0.3, -0.25) is 0 Å². The SMILES string of the molecule is Cc1ccccc1-[n+]1c(C)n(-c2ccccc2)c2nccnc21. The number of hydrogen-bond acceptors (Lipinski definition) is 2. The predicted octanol–water partition coefficient (Wildman–Crippen LogP) is 3.31. The second kappa shape index (κ2) is 5.32. The molecule has 2 heterocycles. The third kappa shape index (κ3) is 2.11. The van der Waals surface area contributed by atoms with Gasteiger partial charge in [-0.25, -0.2) is 9.55 Å². The van der Waals surface area contributed by atoms with Gasteiger partial charge in [-0.2, -0.15) is 4.57 Å². The van der Waals surface area contributed by atoms with Crippen LogP contribution in [0.2, 0.25) is 0 Å². The van der Waals surface area contributed by atoms with Crippen molar-refractivity contribution in [2.24, 2.45) is 0 Å². The van der Waals surface area contributed by atoms with Gasteiger partial charge >= 0.3 is 5.65 Å². The van der Waals surface area contributed by atoms with Crippen molar-refractivity contribution in [2.75, 3.05) is 0 Å². The normalized spacial score (nSPS) is 11.0. The summed E-state index contributed by atoms with van der Waals surface area (Å²) in [6.07, 6.45) is 3.48. The minimum atomic E-state index is 0.861. The molecule has 2 aromatic heterocycles. The number of nitrogens with zero attached hydrogens (tertiary/aromatic N) is 4. The first kappa shape index (κ1) is 13.6. The molecule has 0 radical (unpaired) electrons. The Balaban J connectivity index is 2.11. The summed E-state index contributed by atoms with van der Waals surface area (Å²) in [5.74, 6) is 1.08. The number of benzene rings is 2. The number of aromatic nitrogens is 4. The number of fused-ring (bicyclic) bond motifs is 1. The largest absolute Gasteiger partial charge is 0.327 e. The van der Waals surface area contributed by atoms with E-state index in [4.69, 9.17) is 0 Å². The standard InChI is InChI=1S/C19H17N4/c1-14-8-6-7-11-17(14)23-15(2)22(16-9-4-3-5-10-16)18-19(23)21-13-12-20-18/h3-13H,1-2H3/q+1. The van der Waals surface area contributed by atoms with Crippen molar-refractivity contribution in [3.63, 3.8) is 0 Å². The van der Waals surface area contributed by atoms with Gasteiger partial charge in [0.25, 0.3) is 5.65 Å². The zero-order chi connectivity index (χ0) is 15.8. The van der Waals surface area contributed by atoms with Crippen molar-refractivity contribution < 1.29 is 4.57 Å². The molecule has 0 saturated heterocycles. The highest BCUT2D eigenvalue weighted by Crippen LogP contribution is 2.19. The topological polar surface area (TPSA) is 34.6 Å². The van der Waals surface area contributed by atoms with Gasteiger partial charge in [0, 0.05) is 6.92 Å². The molecule has 4 heteroatoms. The number of hydrogen-bond donors (Lipinski definition) is 0. The van der Waals surface area contributed by atoms with Crippen LogP contribution in [-0.4, -0.2) is 14.5 Å². The summed E-state index contributed by atoms with van der Waals surface area (Å²) in [7, 11) is 0. The van der Waals surface area contributed by atoms with Gasteiger partial charge in [0.05, 0.1) is 6.20 Å². The van der Waals surface area contributed by atoms with Crippen LogP contribution in [0.3, 0.4) is 0 Å². The molecule has 0 atom stereocenters. The second-order valence-corrected chi connectivity index (χ2v) is 5.54. The molecule has 0 aliphatic rings. The Morgan fingerprint density at radius 1 is 0.826 bits per heavy atom. The third-order valence-electron chi connectivity index (χ3n) is 4.10. The number of aryl methyl sites for hydroxylation is 1. The van der Waals surface area contributed by atoms with Crippen molar-refractivity contribution >= 4 is 11.3 Å². The summed E-state index contributed by atoms with van der Waals surface area (Å²) in [5.41, 5.74) is 5.15. The summed E-state index contributed by atoms with van der Waals surface area (Å²) in [6.45, 7) is 4.21. The van der Waals surface area contributed by atoms with Gasteiger partial charge in [0.2, 0.25) is 5.82 Å². The summed E-state index contributed by atoms with van der Waals surface area (Å²) in [5, 5.41) is 0. The molecule has 0 aliphatic carbocycles. The van der Waals surface area contributed by atoms with E-state index < -0.39 is 0 Å². The van der Waals surface area contributed by atoms with Crippen molar-refractivity contribution in [1.29, 1.82) is 0 Å². The quantitative estimate of drug-likeness (QED) is 0.532. The zero-order valence-corrected chi connectivity index (χ0v) is 13.1. The van der Waals surface area contributed by atoms with Crippen LogP contribution >= 0.6 is 0 Å². The van der Waals surface area contributed by atoms with E-state index in [0.717, 1.165) is 28.5 Å². The van der Waals surface area contributed by atoms with Crippen LogP contribution in [-0.2, 0) is 0 Å². The average Bonchev–Trinajstić information content (AvgIpc) is 2.88. The second-order valence-electron chi connectivity index (χ2n) is 5.54. The average molecular weight is 301 g/mol. The first-order valence-corrected chi connectivity index (χ1v) is 7.63. The first-order chi connectivity index (χ1) is 11.3. The van der Waals surface area contributed by atoms with Gasteiger partial charge in [0.1, 0.15) is 17.6 Å². The van der Waals surface area contributed by atoms with Gasteiger partial charge in [0.15, 0.2) is 0 Å². The first-order valence-electron chi connectivity index (χ1n) is 7.63. The van der Waals surface area contributed by atoms with Crippen LogP contribution in [0.25, 0.3) is 22.7 Å². The van der Waals surface area contributed by atoms with Gasteiger partial charge in [-0.15, -0.1) is 4.98 Å². The Bertz CT molecular complexity index is 987. The van der Waals surface area contributed by atoms with Crippen LogP contribution in [0.15, 0.2) is 67.0 Å². The van der Waals surface area contributed by atoms with Crippen molar-refractivity contribution in [2.45, 2.75) is 13.8 Å². The highest BCUT2D eigenvalue weighted by atomic mass is 15.2. The fourth-order valence-corrected chi connectivity index (χ4v) is 3.03. The van der Waals surface area contributed by atoms with Gasteiger partial charge < -0.3 is 0 Å². The number of para-hydroxylation sites is 2. The molecular weight excluding hydrogens is 284 g/mol. The fraction of sp³-hybridized carbons (Fsp3) is 0.105. The van der Waals surface area contributed by atoms with E-state index in [2.05, 4.69) is 69.3 Å². The number of rotatable bonds is 2. The van der Waals surface area contributed by atoms with Crippen molar-refractivity contribution in [3.8, 4) is 11.4 Å². The maximum atomic E-state index is 4.59. The molecule has 0 amide bonds. The highest BCUT2D eigenvalue weighted by Gasteiger charge is 2.25. The minimum Gasteiger partial charge on any atom is -0.215 e. The molecule has 0 spiro atoms. The molecular formula is C19H17N4+. The van der Waals surface area contributed by atoms with E-state index in [9.17, 15) is 0 Å². The Hall–Kier alpha value is -3.01. The summed E-state index contributed by atoms with van der Waals surface area (Å²) >= 11 is 0. The minimum absolute atomic E-state index is 0.861. The lowest BCUT2D eigenvalue weighted by molar-refractivity contribution is -0.577. The third-order valence-corrected chi connectivity index (χ3v) is 4.10. The zero-order valence-electron chi connectivity index (χ0n) is 13.1. The molecule has 4 nitrogen and oxygen atoms in total. The smallest absolute Gasteiger partial charge is 0.215 e. The van der Waals surface area contributed by atoms with Crippen LogP contribution in [0.5, 0.6) is 0 Å². The van der Waals surface area contributed by atoms with Crippen LogP contribution < -0.4 is 4.57 Å². The molecule has 0 N–H and O–H groups in total. The van der Waals surface area contributed by atoms with E-state index in [0.29, 0.717) is 0 Å². The van der Waals surface area contributed by atoms with E-state index in [1.807, 2.05) is 18.2 Å². The van der Waals surface area contributed by atoms with E-state index in [-0.39, 0.29) is 0 Å². The molecule has 0 bridgehead atoms. The number of imidazole rings is 1. The molecule has 2 aromatic carbocycles. The van der Waals surface area contributed by atoms with Crippen molar-refractivity contribution in [3.05, 3.63) is 78.4 Å². The summed E-state index contributed by atoms with van der Waals surface area (Å²) < 4.78 is 4.32. The molecule has 0 aliphatic heterocycles. The lowest BCUT2D eigenvalue weighted by atomic mass is 10.2. The summed E-state index contributed by atoms with van der Waals surface area (Å²) in [4.78, 5) is 9.16. The lowest BCUT2D eigenvalue weighted by Gasteiger charge is -2.05. The Morgan fingerprint density at radius 2 is 1.52 bits per heavy atom. The molecule has 23 heavy (non-hydrogen) atoms. The monoisotopic (exact) mass is 301 g/mol. The molecule has 112 valence electrons. The van der Waals surface area contributed by atoms with Gasteiger partial charge in [-0.1, -0.05) is 36.4 Å². The van der Waals surface area contributed by atoms with Crippen LogP contribution in [0, 0.1) is 13.8 Å². The van der Waals surface area contributed by atoms with E-state index >= 15 is 0 Å². The Kier molecular flexibility index (Phi) is 3.15. The maximum Gasteiger partial charge on any atom is 0.327 e. The summed E-state index contributed by atoms with van der Waals surface area (Å²) in [6, 6.07) is 18.6.